The van der Waals surface area contributed by atoms with Crippen LogP contribution in [0.1, 0.15) is 35.2 Å². The van der Waals surface area contributed by atoms with Crippen LogP contribution >= 0.6 is 0 Å². The van der Waals surface area contributed by atoms with E-state index in [2.05, 4.69) is 44.8 Å². The van der Waals surface area contributed by atoms with E-state index in [9.17, 15) is 4.79 Å². The van der Waals surface area contributed by atoms with Gasteiger partial charge in [0, 0.05) is 37.2 Å². The maximum Gasteiger partial charge on any atom is 0.253 e. The van der Waals surface area contributed by atoms with E-state index in [4.69, 9.17) is 0 Å². The van der Waals surface area contributed by atoms with Crippen molar-refractivity contribution in [1.82, 2.24) is 10.3 Å². The molecule has 1 saturated heterocycles. The van der Waals surface area contributed by atoms with E-state index in [1.165, 1.54) is 24.9 Å². The fourth-order valence-corrected chi connectivity index (χ4v) is 3.59. The van der Waals surface area contributed by atoms with E-state index < -0.39 is 0 Å². The Morgan fingerprint density at radius 3 is 2.41 bits per heavy atom. The molecule has 0 radical (unpaired) electrons. The first-order chi connectivity index (χ1) is 14.3. The van der Waals surface area contributed by atoms with E-state index in [0.29, 0.717) is 12.1 Å². The summed E-state index contributed by atoms with van der Waals surface area (Å²) in [5, 5.41) is 6.28. The number of anilines is 3. The molecule has 5 nitrogen and oxygen atoms in total. The van der Waals surface area contributed by atoms with Crippen molar-refractivity contribution < 1.29 is 4.79 Å². The molecule has 1 aromatic heterocycles. The normalized spacial score (nSPS) is 13.7. The van der Waals surface area contributed by atoms with Crippen molar-refractivity contribution >= 4 is 23.0 Å². The molecule has 0 saturated carbocycles. The van der Waals surface area contributed by atoms with Gasteiger partial charge in [0.1, 0.15) is 0 Å². The second kappa shape index (κ2) is 9.24. The molecule has 4 rings (SSSR count). The lowest BCUT2D eigenvalue weighted by Crippen LogP contribution is -2.29. The van der Waals surface area contributed by atoms with Crippen molar-refractivity contribution in [2.45, 2.75) is 25.8 Å². The van der Waals surface area contributed by atoms with Gasteiger partial charge in [-0.2, -0.15) is 0 Å². The minimum atomic E-state index is -0.134. The van der Waals surface area contributed by atoms with Gasteiger partial charge >= 0.3 is 0 Å². The van der Waals surface area contributed by atoms with Crippen LogP contribution in [0.2, 0.25) is 0 Å². The highest BCUT2D eigenvalue weighted by Gasteiger charge is 2.11. The van der Waals surface area contributed by atoms with Gasteiger partial charge < -0.3 is 15.5 Å². The average Bonchev–Trinajstić information content (AvgIpc) is 2.79. The van der Waals surface area contributed by atoms with Crippen LogP contribution in [0.15, 0.2) is 73.1 Å². The number of carbonyl (C=O) groups is 1. The molecule has 0 atom stereocenters. The second-order valence-corrected chi connectivity index (χ2v) is 7.35. The predicted octanol–water partition coefficient (Wildman–Crippen LogP) is 4.75. The minimum absolute atomic E-state index is 0.134. The molecule has 2 heterocycles. The summed E-state index contributed by atoms with van der Waals surface area (Å²) in [5.74, 6) is -0.134. The Morgan fingerprint density at radius 2 is 1.66 bits per heavy atom. The number of hydrogen-bond donors (Lipinski definition) is 2. The van der Waals surface area contributed by atoms with Gasteiger partial charge in [-0.15, -0.1) is 0 Å². The van der Waals surface area contributed by atoms with Gasteiger partial charge in [0.15, 0.2) is 0 Å². The van der Waals surface area contributed by atoms with E-state index >= 15 is 0 Å². The number of nitrogens with zero attached hydrogens (tertiary/aromatic N) is 2. The average molecular weight is 386 g/mol. The molecule has 148 valence electrons. The summed E-state index contributed by atoms with van der Waals surface area (Å²) in [6.45, 7) is 2.77. The number of pyridine rings is 1. The molecule has 2 N–H and O–H groups in total. The maximum absolute atomic E-state index is 12.5. The Hall–Kier alpha value is -3.34. The maximum atomic E-state index is 12.5. The molecule has 0 unspecified atom stereocenters. The van der Waals surface area contributed by atoms with Crippen LogP contribution in [0.3, 0.4) is 0 Å². The number of nitrogens with one attached hydrogen (secondary N) is 2. The standard InChI is InChI=1S/C24H26N4O/c29-24(26-16-19-7-3-1-4-8-19)20-15-22(18-25-17-20)27-21-9-11-23(12-10-21)28-13-5-2-6-14-28/h1,3-4,7-12,15,17-18,27H,2,5-6,13-14,16H2,(H,26,29). The number of piperidine rings is 1. The summed E-state index contributed by atoms with van der Waals surface area (Å²) in [7, 11) is 0. The Morgan fingerprint density at radius 1 is 0.897 bits per heavy atom. The van der Waals surface area contributed by atoms with Gasteiger partial charge in [0.25, 0.3) is 5.91 Å². The van der Waals surface area contributed by atoms with Crippen LogP contribution in [-0.2, 0) is 6.54 Å². The predicted molar refractivity (Wildman–Crippen MR) is 118 cm³/mol. The molecule has 3 aromatic rings. The van der Waals surface area contributed by atoms with Gasteiger partial charge in [-0.05, 0) is 55.2 Å². The largest absolute Gasteiger partial charge is 0.372 e. The smallest absolute Gasteiger partial charge is 0.253 e. The third kappa shape index (κ3) is 5.13. The summed E-state index contributed by atoms with van der Waals surface area (Å²) >= 11 is 0. The number of hydrogen-bond acceptors (Lipinski definition) is 4. The Kier molecular flexibility index (Phi) is 6.05. The number of amides is 1. The van der Waals surface area contributed by atoms with Gasteiger partial charge in [0.2, 0.25) is 0 Å². The van der Waals surface area contributed by atoms with E-state index in [-0.39, 0.29) is 5.91 Å². The van der Waals surface area contributed by atoms with E-state index in [0.717, 1.165) is 30.0 Å². The first kappa shape index (κ1) is 19.0. The Labute approximate surface area is 171 Å². The SMILES string of the molecule is O=C(NCc1ccccc1)c1cncc(Nc2ccc(N3CCCCC3)cc2)c1. The fourth-order valence-electron chi connectivity index (χ4n) is 3.59. The highest BCUT2D eigenvalue weighted by molar-refractivity contribution is 5.94. The van der Waals surface area contributed by atoms with Gasteiger partial charge in [-0.25, -0.2) is 0 Å². The van der Waals surface area contributed by atoms with Gasteiger partial charge in [0.05, 0.1) is 17.4 Å². The number of aromatic nitrogens is 1. The van der Waals surface area contributed by atoms with Crippen LogP contribution in [0, 0.1) is 0 Å². The molecule has 0 spiro atoms. The lowest BCUT2D eigenvalue weighted by molar-refractivity contribution is 0.0950. The first-order valence-corrected chi connectivity index (χ1v) is 10.2. The molecular weight excluding hydrogens is 360 g/mol. The van der Waals surface area contributed by atoms with E-state index in [1.54, 1.807) is 12.4 Å². The first-order valence-electron chi connectivity index (χ1n) is 10.2. The van der Waals surface area contributed by atoms with Crippen molar-refractivity contribution in [3.63, 3.8) is 0 Å². The third-order valence-corrected chi connectivity index (χ3v) is 5.17. The lowest BCUT2D eigenvalue weighted by Gasteiger charge is -2.28. The van der Waals surface area contributed by atoms with Crippen LogP contribution < -0.4 is 15.5 Å². The van der Waals surface area contributed by atoms with Crippen LogP contribution in [-0.4, -0.2) is 24.0 Å². The molecule has 1 aliphatic rings. The summed E-state index contributed by atoms with van der Waals surface area (Å²) in [4.78, 5) is 19.1. The van der Waals surface area contributed by atoms with Crippen LogP contribution in [0.25, 0.3) is 0 Å². The van der Waals surface area contributed by atoms with Gasteiger partial charge in [-0.1, -0.05) is 30.3 Å². The third-order valence-electron chi connectivity index (χ3n) is 5.17. The Balaban J connectivity index is 1.37. The molecule has 5 heteroatoms. The summed E-state index contributed by atoms with van der Waals surface area (Å²) < 4.78 is 0. The van der Waals surface area contributed by atoms with Crippen molar-refractivity contribution in [3.8, 4) is 0 Å². The zero-order valence-electron chi connectivity index (χ0n) is 16.5. The zero-order chi connectivity index (χ0) is 19.9. The highest BCUT2D eigenvalue weighted by Crippen LogP contribution is 2.23. The Bertz CT molecular complexity index is 935. The zero-order valence-corrected chi connectivity index (χ0v) is 16.5. The molecule has 2 aromatic carbocycles. The second-order valence-electron chi connectivity index (χ2n) is 7.35. The lowest BCUT2D eigenvalue weighted by atomic mass is 10.1. The van der Waals surface area contributed by atoms with Crippen molar-refractivity contribution in [1.29, 1.82) is 0 Å². The van der Waals surface area contributed by atoms with Crippen molar-refractivity contribution in [2.75, 3.05) is 23.3 Å². The topological polar surface area (TPSA) is 57.3 Å². The summed E-state index contributed by atoms with van der Waals surface area (Å²) in [6, 6.07) is 20.1. The molecule has 1 fully saturated rings. The fraction of sp³-hybridized carbons (Fsp3) is 0.250. The van der Waals surface area contributed by atoms with Crippen LogP contribution in [0.5, 0.6) is 0 Å². The van der Waals surface area contributed by atoms with Gasteiger partial charge in [-0.3, -0.25) is 9.78 Å². The quantitative estimate of drug-likeness (QED) is 0.642. The molecular formula is C24H26N4O. The van der Waals surface area contributed by atoms with Crippen molar-refractivity contribution in [2.24, 2.45) is 0 Å². The minimum Gasteiger partial charge on any atom is -0.372 e. The number of benzene rings is 2. The van der Waals surface area contributed by atoms with Crippen LogP contribution in [0.4, 0.5) is 17.1 Å². The highest BCUT2D eigenvalue weighted by atomic mass is 16.1. The molecule has 1 aliphatic heterocycles. The van der Waals surface area contributed by atoms with E-state index in [1.807, 2.05) is 36.4 Å². The van der Waals surface area contributed by atoms with Crippen molar-refractivity contribution in [3.05, 3.63) is 84.2 Å². The molecule has 0 bridgehead atoms. The molecule has 29 heavy (non-hydrogen) atoms. The summed E-state index contributed by atoms with van der Waals surface area (Å²) in [6.07, 6.45) is 7.19. The molecule has 0 aliphatic carbocycles. The molecule has 1 amide bonds. The number of carbonyl (C=O) groups excluding carboxylic acids is 1. The summed E-state index contributed by atoms with van der Waals surface area (Å²) in [5.41, 5.74) is 4.65. The number of rotatable bonds is 6. The monoisotopic (exact) mass is 386 g/mol.